The van der Waals surface area contributed by atoms with Crippen LogP contribution in [0.5, 0.6) is 0 Å². The van der Waals surface area contributed by atoms with E-state index in [-0.39, 0.29) is 23.0 Å². The van der Waals surface area contributed by atoms with Crippen molar-refractivity contribution < 1.29 is 4.39 Å². The van der Waals surface area contributed by atoms with Gasteiger partial charge in [-0.25, -0.2) is 15.0 Å². The Morgan fingerprint density at radius 3 is 2.83 bits per heavy atom. The second-order valence-corrected chi connectivity index (χ2v) is 8.43. The molecule has 11 nitrogen and oxygen atoms in total. The van der Waals surface area contributed by atoms with Crippen LogP contribution in [0.1, 0.15) is 24.1 Å². The Morgan fingerprint density at radius 1 is 1.14 bits per heavy atom. The molecule has 0 radical (unpaired) electrons. The van der Waals surface area contributed by atoms with Crippen molar-refractivity contribution in [3.05, 3.63) is 81.9 Å². The van der Waals surface area contributed by atoms with Gasteiger partial charge in [-0.05, 0) is 47.2 Å². The molecule has 5 heterocycles. The van der Waals surface area contributed by atoms with E-state index in [1.165, 1.54) is 35.4 Å². The molecular formula is C22H16ClFN10O. The number of nitrogens with zero attached hydrogens (tertiary/aromatic N) is 8. The van der Waals surface area contributed by atoms with E-state index in [9.17, 15) is 9.18 Å². The minimum Gasteiger partial charge on any atom is -0.384 e. The fourth-order valence-electron chi connectivity index (χ4n) is 4.32. The van der Waals surface area contributed by atoms with E-state index in [1.807, 2.05) is 0 Å². The van der Waals surface area contributed by atoms with Gasteiger partial charge in [-0.3, -0.25) is 9.36 Å². The molecule has 0 spiro atoms. The second kappa shape index (κ2) is 8.09. The van der Waals surface area contributed by atoms with E-state index in [2.05, 4.69) is 30.5 Å². The highest BCUT2D eigenvalue weighted by Crippen LogP contribution is 2.32. The molecule has 1 atom stereocenters. The van der Waals surface area contributed by atoms with Crippen LogP contribution in [0.4, 0.5) is 10.2 Å². The highest BCUT2D eigenvalue weighted by molar-refractivity contribution is 6.31. The highest BCUT2D eigenvalue weighted by Gasteiger charge is 2.29. The minimum atomic E-state index is -0.699. The molecule has 35 heavy (non-hydrogen) atoms. The van der Waals surface area contributed by atoms with Crippen LogP contribution < -0.4 is 11.3 Å². The number of halogens is 2. The maximum absolute atomic E-state index is 14.3. The molecule has 4 aromatic heterocycles. The van der Waals surface area contributed by atoms with Crippen molar-refractivity contribution in [3.8, 4) is 28.2 Å². The molecule has 1 aliphatic rings. The maximum Gasteiger partial charge on any atom is 0.254 e. The number of aromatic amines is 1. The van der Waals surface area contributed by atoms with E-state index in [1.54, 1.807) is 22.8 Å². The normalized spacial score (nSPS) is 14.9. The van der Waals surface area contributed by atoms with Gasteiger partial charge in [-0.1, -0.05) is 11.6 Å². The molecule has 1 aromatic carbocycles. The predicted octanol–water partition coefficient (Wildman–Crippen LogP) is 2.58. The molecule has 6 rings (SSSR count). The SMILES string of the molecule is Nc1ccc(-c2cnc(C3CCc4nc(-c5cc(Cl)ccc5-n5cnnn5)cc(=O)n43)[nH]2)c(F)n1. The van der Waals surface area contributed by atoms with Crippen LogP contribution in [-0.4, -0.2) is 44.7 Å². The molecule has 174 valence electrons. The molecule has 0 saturated heterocycles. The van der Waals surface area contributed by atoms with Gasteiger partial charge in [0.1, 0.15) is 23.8 Å². The van der Waals surface area contributed by atoms with Gasteiger partial charge in [-0.2, -0.15) is 9.07 Å². The lowest BCUT2D eigenvalue weighted by molar-refractivity contribution is 0.567. The van der Waals surface area contributed by atoms with Gasteiger partial charge in [-0.15, -0.1) is 5.10 Å². The lowest BCUT2D eigenvalue weighted by atomic mass is 10.1. The first-order valence-corrected chi connectivity index (χ1v) is 11.0. The van der Waals surface area contributed by atoms with Crippen molar-refractivity contribution in [1.82, 2.24) is 44.7 Å². The zero-order valence-corrected chi connectivity index (χ0v) is 18.7. The molecule has 0 aliphatic carbocycles. The van der Waals surface area contributed by atoms with Crippen molar-refractivity contribution in [2.24, 2.45) is 0 Å². The lowest BCUT2D eigenvalue weighted by Crippen LogP contribution is -2.25. The van der Waals surface area contributed by atoms with Crippen molar-refractivity contribution in [2.75, 3.05) is 5.73 Å². The number of tetrazole rings is 1. The Kier molecular flexibility index (Phi) is 4.88. The average molecular weight is 491 g/mol. The third-order valence-corrected chi connectivity index (χ3v) is 6.12. The standard InChI is InChI=1S/C22H16ClFN10O/c23-11-1-3-16(33-10-27-31-32-33)13(7-11)14-8-20(35)34-17(4-6-19(34)28-14)22-26-9-15(29-22)12-2-5-18(25)30-21(12)24/h1-3,5,7-10,17H,4,6H2,(H2,25,30)(H,26,29). The number of pyridine rings is 1. The van der Waals surface area contributed by atoms with Gasteiger partial charge < -0.3 is 10.7 Å². The summed E-state index contributed by atoms with van der Waals surface area (Å²) in [5.74, 6) is 0.532. The van der Waals surface area contributed by atoms with Crippen molar-refractivity contribution >= 4 is 17.4 Å². The Bertz CT molecular complexity index is 1630. The predicted molar refractivity (Wildman–Crippen MR) is 124 cm³/mol. The summed E-state index contributed by atoms with van der Waals surface area (Å²) in [4.78, 5) is 29.2. The van der Waals surface area contributed by atoms with E-state index in [4.69, 9.17) is 22.3 Å². The van der Waals surface area contributed by atoms with Crippen LogP contribution in [0.15, 0.2) is 53.7 Å². The molecule has 0 fully saturated rings. The van der Waals surface area contributed by atoms with Crippen molar-refractivity contribution in [3.63, 3.8) is 0 Å². The van der Waals surface area contributed by atoms with E-state index in [0.29, 0.717) is 52.2 Å². The summed E-state index contributed by atoms with van der Waals surface area (Å²) in [6.45, 7) is 0. The van der Waals surface area contributed by atoms with Crippen molar-refractivity contribution in [2.45, 2.75) is 18.9 Å². The van der Waals surface area contributed by atoms with Crippen LogP contribution in [0.3, 0.4) is 0 Å². The molecular weight excluding hydrogens is 475 g/mol. The molecule has 1 unspecified atom stereocenters. The monoisotopic (exact) mass is 490 g/mol. The number of nitrogens with two attached hydrogens (primary N) is 1. The Labute approximate surface area is 201 Å². The smallest absolute Gasteiger partial charge is 0.254 e. The fraction of sp³-hybridized carbons (Fsp3) is 0.136. The largest absolute Gasteiger partial charge is 0.384 e. The third kappa shape index (κ3) is 3.64. The van der Waals surface area contributed by atoms with Gasteiger partial charge in [0.2, 0.25) is 5.95 Å². The zero-order chi connectivity index (χ0) is 24.1. The molecule has 0 amide bonds. The maximum atomic E-state index is 14.3. The molecule has 1 aliphatic heterocycles. The number of aromatic nitrogens is 9. The van der Waals surface area contributed by atoms with Crippen LogP contribution in [0, 0.1) is 5.95 Å². The minimum absolute atomic E-state index is 0.0899. The quantitative estimate of drug-likeness (QED) is 0.365. The number of hydrogen-bond acceptors (Lipinski definition) is 8. The molecule has 3 N–H and O–H groups in total. The Balaban J connectivity index is 1.39. The topological polar surface area (TPSA) is 146 Å². The third-order valence-electron chi connectivity index (χ3n) is 5.88. The zero-order valence-electron chi connectivity index (χ0n) is 17.9. The first kappa shape index (κ1) is 21.1. The average Bonchev–Trinajstić information content (AvgIpc) is 3.59. The summed E-state index contributed by atoms with van der Waals surface area (Å²) >= 11 is 6.24. The number of nitrogen functional groups attached to an aromatic ring is 1. The van der Waals surface area contributed by atoms with Crippen LogP contribution >= 0.6 is 11.6 Å². The van der Waals surface area contributed by atoms with Gasteiger partial charge in [0.05, 0.1) is 34.9 Å². The summed E-state index contributed by atoms with van der Waals surface area (Å²) in [6, 6.07) is 9.33. The molecule has 0 saturated carbocycles. The first-order valence-electron chi connectivity index (χ1n) is 10.6. The lowest BCUT2D eigenvalue weighted by Gasteiger charge is -2.14. The van der Waals surface area contributed by atoms with E-state index < -0.39 is 5.95 Å². The number of aryl methyl sites for hydroxylation is 1. The number of anilines is 1. The number of rotatable bonds is 4. The Morgan fingerprint density at radius 2 is 2.03 bits per heavy atom. The van der Waals surface area contributed by atoms with Gasteiger partial charge in [0.25, 0.3) is 5.56 Å². The number of benzene rings is 1. The Hall–Kier alpha value is -4.45. The van der Waals surface area contributed by atoms with Gasteiger partial charge >= 0.3 is 0 Å². The fourth-order valence-corrected chi connectivity index (χ4v) is 4.49. The van der Waals surface area contributed by atoms with Crippen molar-refractivity contribution in [1.29, 1.82) is 0 Å². The summed E-state index contributed by atoms with van der Waals surface area (Å²) in [5.41, 5.74) is 7.71. The summed E-state index contributed by atoms with van der Waals surface area (Å²) < 4.78 is 17.4. The summed E-state index contributed by atoms with van der Waals surface area (Å²) in [5, 5.41) is 11.8. The van der Waals surface area contributed by atoms with Crippen LogP contribution in [-0.2, 0) is 6.42 Å². The number of nitrogens with one attached hydrogen (secondary N) is 1. The molecule has 5 aromatic rings. The number of hydrogen-bond donors (Lipinski definition) is 2. The summed E-state index contributed by atoms with van der Waals surface area (Å²) in [6.07, 6.45) is 4.14. The number of fused-ring (bicyclic) bond motifs is 1. The molecule has 0 bridgehead atoms. The number of H-pyrrole nitrogens is 1. The number of imidazole rings is 1. The summed E-state index contributed by atoms with van der Waals surface area (Å²) in [7, 11) is 0. The molecule has 13 heteroatoms. The van der Waals surface area contributed by atoms with Crippen LogP contribution in [0.25, 0.3) is 28.2 Å². The second-order valence-electron chi connectivity index (χ2n) is 7.99. The highest BCUT2D eigenvalue weighted by atomic mass is 35.5. The van der Waals surface area contributed by atoms with Gasteiger partial charge in [0.15, 0.2) is 0 Å². The first-order chi connectivity index (χ1) is 17.0. The van der Waals surface area contributed by atoms with E-state index in [0.717, 1.165) is 0 Å². The van der Waals surface area contributed by atoms with Gasteiger partial charge in [0, 0.05) is 23.1 Å². The van der Waals surface area contributed by atoms with Crippen LogP contribution in [0.2, 0.25) is 5.02 Å². The van der Waals surface area contributed by atoms with E-state index >= 15 is 0 Å².